The summed E-state index contributed by atoms with van der Waals surface area (Å²) in [5.74, 6) is 0.0324. The van der Waals surface area contributed by atoms with E-state index in [0.29, 0.717) is 12.7 Å². The van der Waals surface area contributed by atoms with Gasteiger partial charge in [-0.2, -0.15) is 0 Å². The van der Waals surface area contributed by atoms with Crippen molar-refractivity contribution in [2.45, 2.75) is 39.2 Å². The molecule has 0 aliphatic heterocycles. The lowest BCUT2D eigenvalue weighted by Crippen LogP contribution is -2.11. The molecule has 0 rings (SSSR count). The van der Waals surface area contributed by atoms with Gasteiger partial charge >= 0.3 is 0 Å². The predicted octanol–water partition coefficient (Wildman–Crippen LogP) is 2.35. The van der Waals surface area contributed by atoms with Crippen LogP contribution in [0.25, 0.3) is 0 Å². The van der Waals surface area contributed by atoms with Gasteiger partial charge in [0.25, 0.3) is 0 Å². The van der Waals surface area contributed by atoms with Crippen LogP contribution in [0.15, 0.2) is 0 Å². The van der Waals surface area contributed by atoms with Gasteiger partial charge in [0.1, 0.15) is 6.17 Å². The van der Waals surface area contributed by atoms with Gasteiger partial charge < -0.3 is 0 Å². The zero-order valence-electron chi connectivity index (χ0n) is 6.23. The molecule has 1 unspecified atom stereocenters. The van der Waals surface area contributed by atoms with Gasteiger partial charge in [0, 0.05) is 0 Å². The Labute approximate surface area is 58.2 Å². The average Bonchev–Trinajstić information content (AvgIpc) is 1.87. The van der Waals surface area contributed by atoms with Crippen molar-refractivity contribution in [3.63, 3.8) is 0 Å². The molecule has 0 aliphatic rings. The third-order valence-electron chi connectivity index (χ3n) is 1.55. The van der Waals surface area contributed by atoms with Crippen LogP contribution in [0.1, 0.15) is 26.7 Å². The summed E-state index contributed by atoms with van der Waals surface area (Å²) < 4.78 is 12.7. The summed E-state index contributed by atoms with van der Waals surface area (Å²) in [5, 5.41) is 0. The smallest absolute Gasteiger partial charge is 0.102 e. The minimum atomic E-state index is -0.694. The van der Waals surface area contributed by atoms with Crippen molar-refractivity contribution in [2.75, 3.05) is 0 Å². The minimum absolute atomic E-state index is 0.0324. The second-order valence-corrected chi connectivity index (χ2v) is 2.52. The van der Waals surface area contributed by atoms with Crippen LogP contribution in [0.3, 0.4) is 0 Å². The highest BCUT2D eigenvalue weighted by atomic mass is 19.1. The average molecular weight is 128 g/mol. The largest absolute Gasteiger partial charge is 0.247 e. The van der Waals surface area contributed by atoms with Gasteiger partial charge in [-0.3, -0.25) is 0 Å². The van der Waals surface area contributed by atoms with Gasteiger partial charge in [-0.25, -0.2) is 4.39 Å². The van der Waals surface area contributed by atoms with Crippen LogP contribution in [0, 0.1) is 5.92 Å². The molecule has 0 N–H and O–H groups in total. The van der Waals surface area contributed by atoms with E-state index in [4.69, 9.17) is 7.85 Å². The van der Waals surface area contributed by atoms with Crippen LogP contribution in [-0.2, 0) is 0 Å². The third-order valence-corrected chi connectivity index (χ3v) is 1.55. The fourth-order valence-corrected chi connectivity index (χ4v) is 0.708. The van der Waals surface area contributed by atoms with E-state index in [1.807, 2.05) is 13.8 Å². The molecule has 0 spiro atoms. The van der Waals surface area contributed by atoms with Gasteiger partial charge in [0.15, 0.2) is 0 Å². The third kappa shape index (κ3) is 3.55. The monoisotopic (exact) mass is 128 g/mol. The molecule has 0 saturated heterocycles. The molecule has 0 aromatic carbocycles. The van der Waals surface area contributed by atoms with Gasteiger partial charge in [0.05, 0.1) is 7.85 Å². The Kier molecular flexibility index (Phi) is 4.83. The van der Waals surface area contributed by atoms with E-state index < -0.39 is 6.17 Å². The first kappa shape index (κ1) is 8.99. The Morgan fingerprint density at radius 3 is 2.44 bits per heavy atom. The SMILES string of the molecule is [B]C[C@H](C)C(F)CCC. The maximum Gasteiger partial charge on any atom is 0.102 e. The summed E-state index contributed by atoms with van der Waals surface area (Å²) in [7, 11) is 5.26. The molecule has 2 atom stereocenters. The van der Waals surface area contributed by atoms with Crippen molar-refractivity contribution in [1.82, 2.24) is 0 Å². The van der Waals surface area contributed by atoms with Crippen LogP contribution < -0.4 is 0 Å². The summed E-state index contributed by atoms with van der Waals surface area (Å²) in [6.45, 7) is 3.83. The normalized spacial score (nSPS) is 17.2. The van der Waals surface area contributed by atoms with Gasteiger partial charge in [0.2, 0.25) is 0 Å². The van der Waals surface area contributed by atoms with Gasteiger partial charge in [-0.05, 0) is 12.3 Å². The van der Waals surface area contributed by atoms with E-state index in [2.05, 4.69) is 0 Å². The van der Waals surface area contributed by atoms with Crippen molar-refractivity contribution in [3.8, 4) is 0 Å². The van der Waals surface area contributed by atoms with Crippen molar-refractivity contribution in [1.29, 1.82) is 0 Å². The predicted molar refractivity (Wildman–Crippen MR) is 39.5 cm³/mol. The first-order chi connectivity index (χ1) is 4.22. The molecule has 0 heterocycles. The van der Waals surface area contributed by atoms with Crippen LogP contribution >= 0.6 is 0 Å². The summed E-state index contributed by atoms with van der Waals surface area (Å²) in [6.07, 6.45) is 1.32. The molecule has 0 aliphatic carbocycles. The molecule has 0 amide bonds. The summed E-state index contributed by atoms with van der Waals surface area (Å²) in [5.41, 5.74) is 0. The topological polar surface area (TPSA) is 0 Å². The zero-order chi connectivity index (χ0) is 7.28. The highest BCUT2D eigenvalue weighted by Crippen LogP contribution is 2.15. The molecule has 0 fully saturated rings. The van der Waals surface area contributed by atoms with Crippen molar-refractivity contribution in [2.24, 2.45) is 5.92 Å². The van der Waals surface area contributed by atoms with Crippen molar-refractivity contribution >= 4 is 7.85 Å². The lowest BCUT2D eigenvalue weighted by atomic mass is 9.88. The lowest BCUT2D eigenvalue weighted by Gasteiger charge is -2.12. The zero-order valence-corrected chi connectivity index (χ0v) is 6.23. The second kappa shape index (κ2) is 4.83. The summed E-state index contributed by atoms with van der Waals surface area (Å²) >= 11 is 0. The highest BCUT2D eigenvalue weighted by Gasteiger charge is 2.11. The van der Waals surface area contributed by atoms with E-state index in [0.717, 1.165) is 6.42 Å². The van der Waals surface area contributed by atoms with Crippen molar-refractivity contribution in [3.05, 3.63) is 0 Å². The maximum atomic E-state index is 12.7. The van der Waals surface area contributed by atoms with Crippen LogP contribution in [-0.4, -0.2) is 14.0 Å². The Balaban J connectivity index is 3.32. The molecule has 2 heteroatoms. The molecule has 52 valence electrons. The molecule has 0 saturated carbocycles. The standard InChI is InChI=1S/C7H14BF/c1-3-4-7(9)6(2)5-8/h6-7H,3-5H2,1-2H3/t6-,7?/m0/s1. The fraction of sp³-hybridized carbons (Fsp3) is 1.00. The Hall–Kier alpha value is -0.00506. The molecule has 0 aromatic heterocycles. The molecular weight excluding hydrogens is 114 g/mol. The first-order valence-corrected chi connectivity index (χ1v) is 3.56. The number of halogens is 1. The molecule has 0 nitrogen and oxygen atoms in total. The van der Waals surface area contributed by atoms with Crippen LogP contribution in [0.2, 0.25) is 6.32 Å². The molecule has 9 heavy (non-hydrogen) atoms. The quantitative estimate of drug-likeness (QED) is 0.509. The van der Waals surface area contributed by atoms with E-state index in [9.17, 15) is 4.39 Å². The Morgan fingerprint density at radius 1 is 1.56 bits per heavy atom. The highest BCUT2D eigenvalue weighted by molar-refractivity contribution is 6.08. The summed E-state index contributed by atoms with van der Waals surface area (Å²) in [6, 6.07) is 0. The lowest BCUT2D eigenvalue weighted by molar-refractivity contribution is 0.239. The maximum absolute atomic E-state index is 12.7. The number of rotatable bonds is 4. The molecule has 0 aromatic rings. The minimum Gasteiger partial charge on any atom is -0.247 e. The first-order valence-electron chi connectivity index (χ1n) is 3.56. The second-order valence-electron chi connectivity index (χ2n) is 2.52. The number of hydrogen-bond donors (Lipinski definition) is 0. The summed E-state index contributed by atoms with van der Waals surface area (Å²) in [4.78, 5) is 0. The van der Waals surface area contributed by atoms with Crippen LogP contribution in [0.5, 0.6) is 0 Å². The van der Waals surface area contributed by atoms with Crippen molar-refractivity contribution < 1.29 is 4.39 Å². The Bertz CT molecular complexity index is 65.9. The molecule has 2 radical (unpaired) electrons. The fourth-order valence-electron chi connectivity index (χ4n) is 0.708. The number of alkyl halides is 1. The van der Waals surface area contributed by atoms with E-state index in [-0.39, 0.29) is 5.92 Å². The van der Waals surface area contributed by atoms with Gasteiger partial charge in [-0.15, -0.1) is 0 Å². The van der Waals surface area contributed by atoms with E-state index >= 15 is 0 Å². The Morgan fingerprint density at radius 2 is 2.11 bits per heavy atom. The van der Waals surface area contributed by atoms with Crippen LogP contribution in [0.4, 0.5) is 4.39 Å². The molecule has 0 bridgehead atoms. The van der Waals surface area contributed by atoms with E-state index in [1.54, 1.807) is 0 Å². The molecular formula is C7H14BF. The number of hydrogen-bond acceptors (Lipinski definition) is 0. The van der Waals surface area contributed by atoms with Gasteiger partial charge in [-0.1, -0.05) is 26.6 Å². The van der Waals surface area contributed by atoms with E-state index in [1.165, 1.54) is 0 Å².